The van der Waals surface area contributed by atoms with Crippen LogP contribution in [0.5, 0.6) is 11.5 Å². The summed E-state index contributed by atoms with van der Waals surface area (Å²) in [5.41, 5.74) is 4.24. The molecule has 2 aliphatic rings. The molecular formula is C75H78N4O. The summed E-state index contributed by atoms with van der Waals surface area (Å²) < 4.78 is 159. The molecule has 12 rings (SSSR count). The van der Waals surface area contributed by atoms with E-state index in [1.54, 1.807) is 69.6 Å². The van der Waals surface area contributed by atoms with Gasteiger partial charge in [0.2, 0.25) is 0 Å². The Balaban J connectivity index is 1.08. The number of anilines is 4. The van der Waals surface area contributed by atoms with Gasteiger partial charge in [-0.15, -0.1) is 0 Å². The summed E-state index contributed by atoms with van der Waals surface area (Å²) in [6.45, 7) is 20.7. The molecule has 0 bridgehead atoms. The number of fused-ring (bicyclic) bond motifs is 5. The second-order valence-corrected chi connectivity index (χ2v) is 25.2. The molecule has 0 radical (unpaired) electrons. The predicted molar refractivity (Wildman–Crippen MR) is 339 cm³/mol. The Morgan fingerprint density at radius 1 is 0.613 bits per heavy atom. The Morgan fingerprint density at radius 2 is 1.30 bits per heavy atom. The summed E-state index contributed by atoms with van der Waals surface area (Å²) in [4.78, 5) is 8.83. The normalized spacial score (nSPS) is 18.2. The minimum atomic E-state index is -3.24. The minimum absolute atomic E-state index is 0.0535. The van der Waals surface area contributed by atoms with Crippen LogP contribution >= 0.6 is 0 Å². The van der Waals surface area contributed by atoms with Crippen molar-refractivity contribution >= 4 is 44.6 Å². The Bertz CT molecular complexity index is 4870. The molecule has 0 spiro atoms. The highest BCUT2D eigenvalue weighted by Crippen LogP contribution is 2.53. The lowest BCUT2D eigenvalue weighted by Gasteiger charge is -2.42. The lowest BCUT2D eigenvalue weighted by atomic mass is 9.63. The van der Waals surface area contributed by atoms with Crippen LogP contribution < -0.4 is 14.5 Å². The van der Waals surface area contributed by atoms with Crippen LogP contribution in [-0.2, 0) is 28.0 Å². The molecule has 0 saturated carbocycles. The van der Waals surface area contributed by atoms with Crippen LogP contribution in [-0.4, -0.2) is 16.2 Å². The maximum atomic E-state index is 10.3. The van der Waals surface area contributed by atoms with Gasteiger partial charge in [-0.1, -0.05) is 180 Å². The van der Waals surface area contributed by atoms with Crippen LogP contribution in [0.1, 0.15) is 151 Å². The van der Waals surface area contributed by atoms with Gasteiger partial charge in [0, 0.05) is 52.8 Å². The second kappa shape index (κ2) is 19.7. The molecule has 0 N–H and O–H groups in total. The van der Waals surface area contributed by atoms with Crippen LogP contribution in [0, 0.1) is 12.8 Å². The van der Waals surface area contributed by atoms with Crippen LogP contribution in [0.25, 0.3) is 61.0 Å². The largest absolute Gasteiger partial charge is 0.457 e. The summed E-state index contributed by atoms with van der Waals surface area (Å²) in [5, 5.41) is 0.917. The second-order valence-electron chi connectivity index (χ2n) is 25.2. The molecule has 1 aliphatic heterocycles. The first kappa shape index (κ1) is 37.1. The predicted octanol–water partition coefficient (Wildman–Crippen LogP) is 20.7. The van der Waals surface area contributed by atoms with Gasteiger partial charge in [-0.3, -0.25) is 4.57 Å². The van der Waals surface area contributed by atoms with E-state index in [9.17, 15) is 15.1 Å². The van der Waals surface area contributed by atoms with Crippen molar-refractivity contribution in [2.75, 3.05) is 16.5 Å². The van der Waals surface area contributed by atoms with Gasteiger partial charge < -0.3 is 14.5 Å². The molecule has 1 aliphatic carbocycles. The average molecular weight is 1070 g/mol. The van der Waals surface area contributed by atoms with Crippen molar-refractivity contribution in [3.63, 3.8) is 0 Å². The third-order valence-corrected chi connectivity index (χ3v) is 16.0. The van der Waals surface area contributed by atoms with Gasteiger partial charge in [0.05, 0.1) is 43.2 Å². The van der Waals surface area contributed by atoms with E-state index in [0.29, 0.717) is 61.8 Å². The molecule has 0 saturated heterocycles. The smallest absolute Gasteiger partial charge is 0.137 e. The quantitative estimate of drug-likeness (QED) is 0.137. The van der Waals surface area contributed by atoms with Crippen molar-refractivity contribution in [3.05, 3.63) is 215 Å². The fraction of sp³-hybridized carbons (Fsp3) is 0.293. The third kappa shape index (κ3) is 9.67. The van der Waals surface area contributed by atoms with E-state index >= 15 is 0 Å². The van der Waals surface area contributed by atoms with Gasteiger partial charge in [-0.05, 0) is 176 Å². The molecule has 5 heteroatoms. The summed E-state index contributed by atoms with van der Waals surface area (Å²) >= 11 is 0. The molecule has 2 aromatic heterocycles. The lowest BCUT2D eigenvalue weighted by molar-refractivity contribution is 0.332. The first-order chi connectivity index (χ1) is 44.7. The molecule has 80 heavy (non-hydrogen) atoms. The highest BCUT2D eigenvalue weighted by atomic mass is 16.5. The SMILES string of the molecule is [2H]c1c([2H])c(-c2c([2H])c([2H])c(C(C)(C)C)c([2H])c2[2H])c(C([2H])([2H])[2H])c([2H])c1-c1cc(C([2H])([2H])C(C)C)cc(-c2ccc3c(c2)C(C)(C)CCC3(C)C)c1N1CN(c2cccc(Oc3ccc4c5c([2H])c([2H])c([2H])c([2H])c5n(-c5cc(C(C)(C)C)ccn5)c4c3)c2)c2ccccc21. The topological polar surface area (TPSA) is 33.5 Å². The van der Waals surface area contributed by atoms with Crippen LogP contribution in [0.15, 0.2) is 182 Å². The maximum absolute atomic E-state index is 10.3. The van der Waals surface area contributed by atoms with Gasteiger partial charge in [-0.25, -0.2) is 4.98 Å². The van der Waals surface area contributed by atoms with Gasteiger partial charge in [-0.2, -0.15) is 0 Å². The number of hydrogen-bond donors (Lipinski definition) is 0. The molecule has 0 atom stereocenters. The molecule has 3 heterocycles. The molecule has 0 unspecified atom stereocenters. The van der Waals surface area contributed by atoms with Crippen LogP contribution in [0.2, 0.25) is 0 Å². The standard InChI is InChI=1S/C75H78N4O/c1-48(2)39-50-41-62(52-27-32-59(49(3)40-52)51-25-29-54(30-26-51)72(4,5)6)71(63(42-50)53-28-34-64-65(43-53)75(12,13)37-36-74(64,10)11)78-47-77(67-23-16-17-24-68(67)78)56-19-18-20-57(45-56)80-58-31-33-61-60-21-14-15-22-66(60)79(69(61)46-58)70-44-55(35-38-76-70)73(7,8)9/h14-35,38,40-46,48H,36-37,39,47H2,1-13H3/i3D3,14D,15D,21D,22D,25D,26D,27D,29D,30D,32D,39D2,40D. The summed E-state index contributed by atoms with van der Waals surface area (Å²) in [6, 6.07) is 28.8. The highest BCUT2D eigenvalue weighted by molar-refractivity contribution is 6.09. The third-order valence-electron chi connectivity index (χ3n) is 16.0. The van der Waals surface area contributed by atoms with Gasteiger partial charge in [0.25, 0.3) is 0 Å². The zero-order valence-electron chi connectivity index (χ0n) is 63.9. The number of rotatable bonds is 10. The van der Waals surface area contributed by atoms with Crippen molar-refractivity contribution in [2.24, 2.45) is 5.92 Å². The number of benzene rings is 8. The number of nitrogens with zero attached hydrogens (tertiary/aromatic N) is 4. The Morgan fingerprint density at radius 3 is 2.02 bits per heavy atom. The van der Waals surface area contributed by atoms with E-state index in [4.69, 9.17) is 16.6 Å². The van der Waals surface area contributed by atoms with Crippen molar-refractivity contribution < 1.29 is 26.7 Å². The van der Waals surface area contributed by atoms with Gasteiger partial charge >= 0.3 is 0 Å². The molecule has 0 amide bonds. The van der Waals surface area contributed by atoms with E-state index in [1.807, 2.05) is 77.7 Å². The number of pyridine rings is 1. The Labute approximate surface area is 498 Å². The Kier molecular flexibility index (Phi) is 9.15. The van der Waals surface area contributed by atoms with E-state index in [2.05, 4.69) is 65.5 Å². The first-order valence-corrected chi connectivity index (χ1v) is 27.7. The number of para-hydroxylation sites is 3. The molecule has 0 fully saturated rings. The van der Waals surface area contributed by atoms with E-state index < -0.39 is 83.5 Å². The van der Waals surface area contributed by atoms with E-state index in [1.165, 1.54) is 5.56 Å². The van der Waals surface area contributed by atoms with Crippen LogP contribution in [0.4, 0.5) is 22.7 Å². The molecule has 5 nitrogen and oxygen atoms in total. The fourth-order valence-electron chi connectivity index (χ4n) is 11.5. The first-order valence-electron chi connectivity index (χ1n) is 35.7. The minimum Gasteiger partial charge on any atom is -0.457 e. The summed E-state index contributed by atoms with van der Waals surface area (Å²) in [7, 11) is 0. The molecule has 404 valence electrons. The lowest BCUT2D eigenvalue weighted by Crippen LogP contribution is -2.33. The number of hydrogen-bond acceptors (Lipinski definition) is 4. The van der Waals surface area contributed by atoms with Gasteiger partial charge in [0.15, 0.2) is 0 Å². The summed E-state index contributed by atoms with van der Waals surface area (Å²) in [6.07, 6.45) is 1.45. The highest BCUT2D eigenvalue weighted by Gasteiger charge is 2.38. The van der Waals surface area contributed by atoms with Crippen LogP contribution in [0.3, 0.4) is 0 Å². The zero-order chi connectivity index (χ0) is 69.9. The number of ether oxygens (including phenoxy) is 1. The summed E-state index contributed by atoms with van der Waals surface area (Å²) in [5.74, 6) is 0.667. The molecule has 8 aromatic carbocycles. The maximum Gasteiger partial charge on any atom is 0.137 e. The average Bonchev–Trinajstić information content (AvgIpc) is 1.21. The zero-order valence-corrected chi connectivity index (χ0v) is 47.9. The van der Waals surface area contributed by atoms with E-state index in [0.717, 1.165) is 29.7 Å². The number of aromatic nitrogens is 2. The van der Waals surface area contributed by atoms with Crippen molar-refractivity contribution in [2.45, 2.75) is 131 Å². The van der Waals surface area contributed by atoms with Crippen molar-refractivity contribution in [1.82, 2.24) is 9.55 Å². The fourth-order valence-corrected chi connectivity index (χ4v) is 11.5. The molecular weight excluding hydrogens is 973 g/mol. The van der Waals surface area contributed by atoms with Crippen molar-refractivity contribution in [3.8, 4) is 50.7 Å². The monoisotopic (exact) mass is 1070 g/mol. The Hall–Kier alpha value is -7.89. The van der Waals surface area contributed by atoms with E-state index in [-0.39, 0.29) is 74.9 Å². The molecule has 10 aromatic rings. The van der Waals surface area contributed by atoms with Crippen molar-refractivity contribution in [1.29, 1.82) is 0 Å². The van der Waals surface area contributed by atoms with Gasteiger partial charge in [0.1, 0.15) is 24.0 Å².